The quantitative estimate of drug-likeness (QED) is 0.557. The van der Waals surface area contributed by atoms with Gasteiger partial charge in [-0.1, -0.05) is 17.7 Å². The maximum Gasteiger partial charge on any atom is 0.346 e. The Balaban J connectivity index is 2.49. The van der Waals surface area contributed by atoms with Gasteiger partial charge in [0, 0.05) is 12.0 Å². The van der Waals surface area contributed by atoms with Crippen LogP contribution in [0.4, 0.5) is 0 Å². The summed E-state index contributed by atoms with van der Waals surface area (Å²) in [6.07, 6.45) is -0.00583. The molecular formula is C12H12O4. The number of ether oxygens (including phenoxy) is 1. The topological polar surface area (TPSA) is 63.6 Å². The van der Waals surface area contributed by atoms with E-state index in [0.29, 0.717) is 11.1 Å². The zero-order chi connectivity index (χ0) is 11.9. The predicted molar refractivity (Wildman–Crippen MR) is 56.2 cm³/mol. The van der Waals surface area contributed by atoms with E-state index in [2.05, 4.69) is 4.74 Å². The molecule has 0 heterocycles. The summed E-state index contributed by atoms with van der Waals surface area (Å²) < 4.78 is 4.46. The summed E-state index contributed by atoms with van der Waals surface area (Å²) in [4.78, 5) is 23.3. The molecule has 0 radical (unpaired) electrons. The van der Waals surface area contributed by atoms with Gasteiger partial charge in [0.1, 0.15) is 0 Å². The Morgan fingerprint density at radius 3 is 2.81 bits per heavy atom. The predicted octanol–water partition coefficient (Wildman–Crippen LogP) is 0.638. The summed E-state index contributed by atoms with van der Waals surface area (Å²) in [5.74, 6) is -1.47. The highest BCUT2D eigenvalue weighted by Crippen LogP contribution is 2.31. The second-order valence-corrected chi connectivity index (χ2v) is 4.02. The van der Waals surface area contributed by atoms with E-state index in [0.717, 1.165) is 12.7 Å². The molecule has 0 unspecified atom stereocenters. The van der Waals surface area contributed by atoms with Crippen LogP contribution in [0.5, 0.6) is 0 Å². The van der Waals surface area contributed by atoms with Crippen LogP contribution in [0.2, 0.25) is 0 Å². The van der Waals surface area contributed by atoms with E-state index in [9.17, 15) is 14.7 Å². The van der Waals surface area contributed by atoms with E-state index in [4.69, 9.17) is 0 Å². The van der Waals surface area contributed by atoms with Gasteiger partial charge in [-0.25, -0.2) is 4.79 Å². The van der Waals surface area contributed by atoms with Crippen molar-refractivity contribution >= 4 is 11.8 Å². The van der Waals surface area contributed by atoms with Crippen molar-refractivity contribution in [3.05, 3.63) is 34.9 Å². The monoisotopic (exact) mass is 220 g/mol. The Kier molecular flexibility index (Phi) is 2.31. The number of carbonyl (C=O) groups is 2. The summed E-state index contributed by atoms with van der Waals surface area (Å²) in [5.41, 5.74) is -0.0251. The standard InChI is InChI=1S/C12H12O4/c1-7-3-4-8-6-12(15,11(14)16-2)10(13)9(8)5-7/h3-5,15H,6H2,1-2H3/t12-/m0/s1. The molecule has 16 heavy (non-hydrogen) atoms. The summed E-state index contributed by atoms with van der Waals surface area (Å²) in [7, 11) is 1.15. The van der Waals surface area contributed by atoms with Gasteiger partial charge in [-0.05, 0) is 18.6 Å². The van der Waals surface area contributed by atoms with Crippen molar-refractivity contribution in [3.8, 4) is 0 Å². The van der Waals surface area contributed by atoms with Gasteiger partial charge in [0.2, 0.25) is 11.4 Å². The maximum atomic E-state index is 11.9. The van der Waals surface area contributed by atoms with Crippen molar-refractivity contribution in [3.63, 3.8) is 0 Å². The van der Waals surface area contributed by atoms with Crippen LogP contribution in [-0.2, 0) is 16.0 Å². The molecule has 0 spiro atoms. The van der Waals surface area contributed by atoms with Gasteiger partial charge in [0.25, 0.3) is 0 Å². The largest absolute Gasteiger partial charge is 0.467 e. The van der Waals surface area contributed by atoms with E-state index in [1.165, 1.54) is 0 Å². The lowest BCUT2D eigenvalue weighted by atomic mass is 9.99. The Morgan fingerprint density at radius 2 is 2.19 bits per heavy atom. The fourth-order valence-electron chi connectivity index (χ4n) is 1.97. The van der Waals surface area contributed by atoms with Crippen LogP contribution in [-0.4, -0.2) is 29.6 Å². The molecule has 1 aromatic carbocycles. The second-order valence-electron chi connectivity index (χ2n) is 4.02. The van der Waals surface area contributed by atoms with Crippen LogP contribution in [0.25, 0.3) is 0 Å². The van der Waals surface area contributed by atoms with Gasteiger partial charge in [0.05, 0.1) is 7.11 Å². The Bertz CT molecular complexity index is 478. The van der Waals surface area contributed by atoms with Crippen LogP contribution in [0.15, 0.2) is 18.2 Å². The molecule has 1 atom stereocenters. The molecule has 0 fully saturated rings. The number of aliphatic hydroxyl groups is 1. The van der Waals surface area contributed by atoms with Gasteiger partial charge < -0.3 is 9.84 Å². The average molecular weight is 220 g/mol. The first-order valence-electron chi connectivity index (χ1n) is 4.94. The van der Waals surface area contributed by atoms with Gasteiger partial charge >= 0.3 is 5.97 Å². The van der Waals surface area contributed by atoms with Crippen LogP contribution < -0.4 is 0 Å². The highest BCUT2D eigenvalue weighted by Gasteiger charge is 2.51. The molecule has 1 aromatic rings. The van der Waals surface area contributed by atoms with Crippen LogP contribution in [0.3, 0.4) is 0 Å². The number of ketones is 1. The van der Waals surface area contributed by atoms with Crippen molar-refractivity contribution in [2.45, 2.75) is 18.9 Å². The van der Waals surface area contributed by atoms with E-state index < -0.39 is 17.4 Å². The van der Waals surface area contributed by atoms with Crippen molar-refractivity contribution in [1.29, 1.82) is 0 Å². The van der Waals surface area contributed by atoms with Crippen molar-refractivity contribution in [2.75, 3.05) is 7.11 Å². The Morgan fingerprint density at radius 1 is 1.50 bits per heavy atom. The van der Waals surface area contributed by atoms with E-state index in [1.54, 1.807) is 12.1 Å². The normalized spacial score (nSPS) is 23.1. The molecule has 0 amide bonds. The first kappa shape index (κ1) is 10.8. The Labute approximate surface area is 92.8 Å². The fourth-order valence-corrected chi connectivity index (χ4v) is 1.97. The number of esters is 1. The number of rotatable bonds is 1. The first-order valence-corrected chi connectivity index (χ1v) is 4.94. The molecule has 0 bridgehead atoms. The zero-order valence-corrected chi connectivity index (χ0v) is 9.11. The SMILES string of the molecule is COC(=O)[C@]1(O)Cc2ccc(C)cc2C1=O. The lowest BCUT2D eigenvalue weighted by Crippen LogP contribution is -2.45. The highest BCUT2D eigenvalue weighted by atomic mass is 16.5. The number of benzene rings is 1. The van der Waals surface area contributed by atoms with Gasteiger partial charge in [0.15, 0.2) is 0 Å². The Hall–Kier alpha value is -1.68. The smallest absolute Gasteiger partial charge is 0.346 e. The highest BCUT2D eigenvalue weighted by molar-refractivity contribution is 6.18. The number of hydrogen-bond donors (Lipinski definition) is 1. The summed E-state index contributed by atoms with van der Waals surface area (Å²) in [6.45, 7) is 1.85. The van der Waals surface area contributed by atoms with Crippen LogP contribution >= 0.6 is 0 Å². The van der Waals surface area contributed by atoms with Crippen molar-refractivity contribution in [1.82, 2.24) is 0 Å². The van der Waals surface area contributed by atoms with Crippen LogP contribution in [0.1, 0.15) is 21.5 Å². The van der Waals surface area contributed by atoms with Gasteiger partial charge in [-0.15, -0.1) is 0 Å². The zero-order valence-electron chi connectivity index (χ0n) is 9.11. The summed E-state index contributed by atoms with van der Waals surface area (Å²) in [6, 6.07) is 5.27. The fraction of sp³-hybridized carbons (Fsp3) is 0.333. The maximum absolute atomic E-state index is 11.9. The lowest BCUT2D eigenvalue weighted by Gasteiger charge is -2.16. The third-order valence-electron chi connectivity index (χ3n) is 2.85. The molecular weight excluding hydrogens is 208 g/mol. The molecule has 0 saturated heterocycles. The third-order valence-corrected chi connectivity index (χ3v) is 2.85. The van der Waals surface area contributed by atoms with Crippen molar-refractivity contribution in [2.24, 2.45) is 0 Å². The molecule has 84 valence electrons. The molecule has 4 nitrogen and oxygen atoms in total. The van der Waals surface area contributed by atoms with E-state index >= 15 is 0 Å². The number of aryl methyl sites for hydroxylation is 1. The number of carbonyl (C=O) groups excluding carboxylic acids is 2. The number of hydrogen-bond acceptors (Lipinski definition) is 4. The molecule has 1 aliphatic rings. The van der Waals surface area contributed by atoms with E-state index in [1.807, 2.05) is 13.0 Å². The second kappa shape index (κ2) is 3.42. The van der Waals surface area contributed by atoms with Crippen LogP contribution in [0, 0.1) is 6.92 Å². The number of fused-ring (bicyclic) bond motifs is 1. The molecule has 0 aliphatic heterocycles. The molecule has 0 saturated carbocycles. The molecule has 2 rings (SSSR count). The molecule has 1 N–H and O–H groups in total. The minimum atomic E-state index is -2.04. The molecule has 0 aromatic heterocycles. The number of methoxy groups -OCH3 is 1. The summed E-state index contributed by atoms with van der Waals surface area (Å²) >= 11 is 0. The average Bonchev–Trinajstić information content (AvgIpc) is 2.52. The summed E-state index contributed by atoms with van der Waals surface area (Å²) in [5, 5.41) is 10.0. The molecule has 4 heteroatoms. The lowest BCUT2D eigenvalue weighted by molar-refractivity contribution is -0.156. The minimum absolute atomic E-state index is 0.00583. The van der Waals surface area contributed by atoms with E-state index in [-0.39, 0.29) is 6.42 Å². The third kappa shape index (κ3) is 1.34. The first-order chi connectivity index (χ1) is 7.49. The number of Topliss-reactive ketones (excluding diaryl/α,β-unsaturated/α-hetero) is 1. The molecule has 1 aliphatic carbocycles. The minimum Gasteiger partial charge on any atom is -0.467 e. The van der Waals surface area contributed by atoms with Crippen molar-refractivity contribution < 1.29 is 19.4 Å². The van der Waals surface area contributed by atoms with Gasteiger partial charge in [-0.2, -0.15) is 0 Å². The van der Waals surface area contributed by atoms with Gasteiger partial charge in [-0.3, -0.25) is 4.79 Å².